The molecule has 19 aromatic rings. The third-order valence-corrected chi connectivity index (χ3v) is 18.5. The standard InChI is InChI=1S/C48H32N2.C39H25N5/c1-3-11-33(12-4-1)35-19-25-39(26-20-35)49-45-17-9-7-15-41(45)43-31-37(23-29-47(43)49)38-24-30-48-44(32-38)42-16-8-10-18-46(42)50(48)40-27-21-36(22-28-40)34-13-5-2-6-14-34;1-4-14-26(15-5-1)37-40-38(27-16-6-2-7-17-27)42-39(41-37)44-34-23-13-11-21-30(34)32-25-24-31-29-20-10-12-22-33(29)43(35(31)36(32)44)28-18-8-3-9-19-28/h1-32H;1-25H. The molecular weight excluding hydrogens is 1140 g/mol. The monoisotopic (exact) mass is 1200 g/mol. The summed E-state index contributed by atoms with van der Waals surface area (Å²) < 4.78 is 9.39. The molecule has 0 bridgehead atoms. The summed E-state index contributed by atoms with van der Waals surface area (Å²) in [7, 11) is 0. The van der Waals surface area contributed by atoms with Gasteiger partial charge in [0, 0.05) is 71.3 Å². The number of rotatable bonds is 9. The van der Waals surface area contributed by atoms with Gasteiger partial charge in [0.15, 0.2) is 11.6 Å². The van der Waals surface area contributed by atoms with Crippen molar-refractivity contribution in [1.82, 2.24) is 33.2 Å². The first-order chi connectivity index (χ1) is 46.6. The zero-order valence-corrected chi connectivity index (χ0v) is 51.0. The normalized spacial score (nSPS) is 11.6. The lowest BCUT2D eigenvalue weighted by Crippen LogP contribution is -2.07. The lowest BCUT2D eigenvalue weighted by molar-refractivity contribution is 0.953. The molecule has 0 aliphatic rings. The lowest BCUT2D eigenvalue weighted by Gasteiger charge is -2.13. The Bertz CT molecular complexity index is 5790. The van der Waals surface area contributed by atoms with Gasteiger partial charge in [-0.15, -0.1) is 0 Å². The zero-order chi connectivity index (χ0) is 62.1. The van der Waals surface area contributed by atoms with Crippen LogP contribution < -0.4 is 0 Å². The van der Waals surface area contributed by atoms with Crippen molar-refractivity contribution in [3.8, 4) is 79.2 Å². The number of hydrogen-bond donors (Lipinski definition) is 0. The predicted molar refractivity (Wildman–Crippen MR) is 391 cm³/mol. The van der Waals surface area contributed by atoms with Crippen LogP contribution in [0.15, 0.2) is 346 Å². The Morgan fingerprint density at radius 1 is 0.170 bits per heavy atom. The van der Waals surface area contributed by atoms with E-state index >= 15 is 0 Å². The van der Waals surface area contributed by atoms with Crippen molar-refractivity contribution in [3.63, 3.8) is 0 Å². The van der Waals surface area contributed by atoms with Gasteiger partial charge in [0.2, 0.25) is 5.95 Å². The molecule has 5 heterocycles. The summed E-state index contributed by atoms with van der Waals surface area (Å²) in [4.78, 5) is 15.3. The van der Waals surface area contributed by atoms with Crippen molar-refractivity contribution in [2.24, 2.45) is 0 Å². The largest absolute Gasteiger partial charge is 0.309 e. The van der Waals surface area contributed by atoms with Crippen molar-refractivity contribution >= 4 is 87.2 Å². The first-order valence-electron chi connectivity index (χ1n) is 31.9. The lowest BCUT2D eigenvalue weighted by atomic mass is 10.0. The molecule has 7 heteroatoms. The van der Waals surface area contributed by atoms with Crippen molar-refractivity contribution in [1.29, 1.82) is 0 Å². The summed E-state index contributed by atoms with van der Waals surface area (Å²) >= 11 is 0. The van der Waals surface area contributed by atoms with Crippen molar-refractivity contribution in [2.45, 2.75) is 0 Å². The minimum absolute atomic E-state index is 0.585. The Morgan fingerprint density at radius 2 is 0.457 bits per heavy atom. The second-order valence-electron chi connectivity index (χ2n) is 23.9. The minimum atomic E-state index is 0.585. The van der Waals surface area contributed by atoms with E-state index in [-0.39, 0.29) is 0 Å². The first-order valence-corrected chi connectivity index (χ1v) is 31.9. The highest BCUT2D eigenvalue weighted by atomic mass is 15.2. The summed E-state index contributed by atoms with van der Waals surface area (Å²) in [5.74, 6) is 1.86. The van der Waals surface area contributed by atoms with E-state index in [0.29, 0.717) is 17.6 Å². The maximum atomic E-state index is 5.17. The average molecular weight is 1200 g/mol. The molecule has 0 saturated carbocycles. The fourth-order valence-corrected chi connectivity index (χ4v) is 14.2. The molecule has 19 rings (SSSR count). The van der Waals surface area contributed by atoms with Crippen molar-refractivity contribution < 1.29 is 0 Å². The number of benzene rings is 14. The number of aromatic nitrogens is 7. The first kappa shape index (κ1) is 54.2. The molecule has 0 spiro atoms. The minimum Gasteiger partial charge on any atom is -0.309 e. The smallest absolute Gasteiger partial charge is 0.238 e. The van der Waals surface area contributed by atoms with Crippen molar-refractivity contribution in [3.05, 3.63) is 346 Å². The molecule has 14 aromatic carbocycles. The number of hydrogen-bond acceptors (Lipinski definition) is 3. The molecule has 0 saturated heterocycles. The second kappa shape index (κ2) is 22.6. The van der Waals surface area contributed by atoms with Crippen LogP contribution in [-0.2, 0) is 0 Å². The summed E-state index contributed by atoms with van der Waals surface area (Å²) in [6.07, 6.45) is 0. The van der Waals surface area contributed by atoms with Gasteiger partial charge in [-0.05, 0) is 118 Å². The molecule has 7 nitrogen and oxygen atoms in total. The van der Waals surface area contributed by atoms with Crippen LogP contribution in [0.1, 0.15) is 0 Å². The van der Waals surface area contributed by atoms with Gasteiger partial charge < -0.3 is 13.7 Å². The fourth-order valence-electron chi connectivity index (χ4n) is 14.2. The second-order valence-corrected chi connectivity index (χ2v) is 23.9. The Labute approximate surface area is 542 Å². The highest BCUT2D eigenvalue weighted by Crippen LogP contribution is 2.43. The molecule has 0 radical (unpaired) electrons. The van der Waals surface area contributed by atoms with Gasteiger partial charge in [-0.2, -0.15) is 9.97 Å². The van der Waals surface area contributed by atoms with Gasteiger partial charge in [-0.25, -0.2) is 4.98 Å². The Balaban J connectivity index is 0.000000139. The van der Waals surface area contributed by atoms with Gasteiger partial charge in [-0.1, -0.05) is 261 Å². The third-order valence-electron chi connectivity index (χ3n) is 18.5. The van der Waals surface area contributed by atoms with E-state index in [2.05, 4.69) is 303 Å². The molecule has 0 aliphatic heterocycles. The third kappa shape index (κ3) is 9.16. The van der Waals surface area contributed by atoms with E-state index in [4.69, 9.17) is 15.0 Å². The number of nitrogens with zero attached hydrogens (tertiary/aromatic N) is 7. The average Bonchev–Trinajstić information content (AvgIpc) is 1.56. The van der Waals surface area contributed by atoms with Crippen LogP contribution >= 0.6 is 0 Å². The van der Waals surface area contributed by atoms with E-state index in [1.54, 1.807) is 0 Å². The van der Waals surface area contributed by atoms with E-state index < -0.39 is 0 Å². The zero-order valence-electron chi connectivity index (χ0n) is 51.0. The number of para-hydroxylation sites is 5. The van der Waals surface area contributed by atoms with Crippen LogP contribution in [-0.4, -0.2) is 33.2 Å². The summed E-state index contributed by atoms with van der Waals surface area (Å²) in [5.41, 5.74) is 21.9. The highest BCUT2D eigenvalue weighted by molar-refractivity contribution is 6.24. The Morgan fingerprint density at radius 3 is 0.872 bits per heavy atom. The highest BCUT2D eigenvalue weighted by Gasteiger charge is 2.24. The summed E-state index contributed by atoms with van der Waals surface area (Å²) in [6.45, 7) is 0. The van der Waals surface area contributed by atoms with Crippen LogP contribution in [0, 0.1) is 0 Å². The van der Waals surface area contributed by atoms with Crippen LogP contribution in [0.4, 0.5) is 0 Å². The molecule has 0 amide bonds. The van der Waals surface area contributed by atoms with Gasteiger partial charge in [-0.3, -0.25) is 4.57 Å². The van der Waals surface area contributed by atoms with Gasteiger partial charge in [0.05, 0.1) is 44.1 Å². The predicted octanol–water partition coefficient (Wildman–Crippen LogP) is 22.3. The van der Waals surface area contributed by atoms with Crippen LogP contribution in [0.5, 0.6) is 0 Å². The maximum Gasteiger partial charge on any atom is 0.238 e. The Hall–Kier alpha value is -12.7. The van der Waals surface area contributed by atoms with E-state index in [0.717, 1.165) is 61.0 Å². The Kier molecular flexibility index (Phi) is 13.1. The van der Waals surface area contributed by atoms with Crippen LogP contribution in [0.2, 0.25) is 0 Å². The maximum absolute atomic E-state index is 5.17. The molecule has 94 heavy (non-hydrogen) atoms. The molecule has 440 valence electrons. The molecule has 0 aliphatic carbocycles. The SMILES string of the molecule is c1ccc(-c2ccc(-n3c4ccccc4c4cc(-c5ccc6c(c5)c5ccccc5n6-c5ccc(-c6ccccc6)cc5)ccc43)cc2)cc1.c1ccc(-c2nc(-c3ccccc3)nc(-n3c4ccccc4c4ccc5c6ccccc6n(-c6ccccc6)c5c43)n2)cc1. The van der Waals surface area contributed by atoms with Gasteiger partial charge in [0.25, 0.3) is 0 Å². The topological polar surface area (TPSA) is 58.4 Å². The molecule has 0 N–H and O–H groups in total. The summed E-state index contributed by atoms with van der Waals surface area (Å²) in [6, 6.07) is 123. The molecule has 0 fully saturated rings. The number of fused-ring (bicyclic) bond motifs is 13. The quantitative estimate of drug-likeness (QED) is 0.145. The molecular formula is C87H57N7. The molecule has 0 atom stereocenters. The van der Waals surface area contributed by atoms with Crippen LogP contribution in [0.3, 0.4) is 0 Å². The van der Waals surface area contributed by atoms with Gasteiger partial charge >= 0.3 is 0 Å². The fraction of sp³-hybridized carbons (Fsp3) is 0. The molecule has 5 aromatic heterocycles. The van der Waals surface area contributed by atoms with Gasteiger partial charge in [0.1, 0.15) is 0 Å². The van der Waals surface area contributed by atoms with E-state index in [9.17, 15) is 0 Å². The summed E-state index contributed by atoms with van der Waals surface area (Å²) in [5, 5.41) is 9.71. The van der Waals surface area contributed by atoms with Crippen molar-refractivity contribution in [2.75, 3.05) is 0 Å². The van der Waals surface area contributed by atoms with Crippen LogP contribution in [0.25, 0.3) is 166 Å². The van der Waals surface area contributed by atoms with E-state index in [1.165, 1.54) is 87.8 Å². The van der Waals surface area contributed by atoms with E-state index in [1.807, 2.05) is 60.7 Å². The molecule has 0 unspecified atom stereocenters.